The molecule has 2 aromatic rings. The van der Waals surface area contributed by atoms with Crippen LogP contribution in [0.5, 0.6) is 5.75 Å². The minimum absolute atomic E-state index is 0.291. The lowest BCUT2D eigenvalue weighted by molar-refractivity contribution is 0.471. The van der Waals surface area contributed by atoms with E-state index in [0.717, 1.165) is 22.4 Å². The first-order chi connectivity index (χ1) is 7.49. The highest BCUT2D eigenvalue weighted by Crippen LogP contribution is 2.28. The lowest BCUT2D eigenvalue weighted by Crippen LogP contribution is -1.96. The quantitative estimate of drug-likeness (QED) is 0.767. The second kappa shape index (κ2) is 3.56. The lowest BCUT2D eigenvalue weighted by Gasteiger charge is -2.05. The summed E-state index contributed by atoms with van der Waals surface area (Å²) in [6.07, 6.45) is 0. The fraction of sp³-hybridized carbons (Fsp3) is 0.250. The van der Waals surface area contributed by atoms with Gasteiger partial charge in [-0.15, -0.1) is 0 Å². The summed E-state index contributed by atoms with van der Waals surface area (Å²) >= 11 is 0. The van der Waals surface area contributed by atoms with E-state index >= 15 is 0 Å². The molecule has 4 nitrogen and oxygen atoms in total. The van der Waals surface area contributed by atoms with Crippen LogP contribution in [0, 0.1) is 13.8 Å². The maximum absolute atomic E-state index is 9.75. The molecule has 0 aliphatic heterocycles. The van der Waals surface area contributed by atoms with E-state index in [1.54, 1.807) is 23.9 Å². The monoisotopic (exact) mass is 217 g/mol. The summed E-state index contributed by atoms with van der Waals surface area (Å²) in [7, 11) is 1.79. The van der Waals surface area contributed by atoms with Crippen molar-refractivity contribution < 1.29 is 5.11 Å². The molecule has 1 aromatic carbocycles. The smallest absolute Gasteiger partial charge is 0.121 e. The highest BCUT2D eigenvalue weighted by Gasteiger charge is 2.08. The van der Waals surface area contributed by atoms with E-state index in [2.05, 4.69) is 5.10 Å². The summed E-state index contributed by atoms with van der Waals surface area (Å²) in [5, 5.41) is 14.0. The number of aromatic nitrogens is 2. The number of nitrogens with two attached hydrogens (primary N) is 1. The van der Waals surface area contributed by atoms with Gasteiger partial charge in [0.15, 0.2) is 0 Å². The number of hydrogen-bond acceptors (Lipinski definition) is 3. The molecule has 0 spiro atoms. The Labute approximate surface area is 94.3 Å². The average molecular weight is 217 g/mol. The number of benzene rings is 1. The van der Waals surface area contributed by atoms with Crippen LogP contribution in [-0.2, 0) is 7.05 Å². The van der Waals surface area contributed by atoms with E-state index in [0.29, 0.717) is 11.6 Å². The van der Waals surface area contributed by atoms with Gasteiger partial charge in [0, 0.05) is 18.7 Å². The van der Waals surface area contributed by atoms with Crippen molar-refractivity contribution >= 4 is 5.82 Å². The van der Waals surface area contributed by atoms with Crippen molar-refractivity contribution in [3.05, 3.63) is 29.3 Å². The Bertz CT molecular complexity index is 501. The molecule has 84 valence electrons. The van der Waals surface area contributed by atoms with Crippen LogP contribution in [0.1, 0.15) is 11.1 Å². The maximum Gasteiger partial charge on any atom is 0.121 e. The summed E-state index contributed by atoms with van der Waals surface area (Å²) in [5.74, 6) is 0.895. The van der Waals surface area contributed by atoms with Gasteiger partial charge >= 0.3 is 0 Å². The van der Waals surface area contributed by atoms with Gasteiger partial charge in [0.25, 0.3) is 0 Å². The number of anilines is 1. The number of hydrogen-bond donors (Lipinski definition) is 2. The Morgan fingerprint density at radius 2 is 1.94 bits per heavy atom. The fourth-order valence-electron chi connectivity index (χ4n) is 1.61. The second-order valence-electron chi connectivity index (χ2n) is 4.02. The van der Waals surface area contributed by atoms with Gasteiger partial charge in [0.05, 0.1) is 5.69 Å². The molecule has 0 aliphatic rings. The average Bonchev–Trinajstić information content (AvgIpc) is 2.55. The molecule has 0 saturated heterocycles. The zero-order chi connectivity index (χ0) is 11.9. The zero-order valence-electron chi connectivity index (χ0n) is 9.65. The Kier molecular flexibility index (Phi) is 2.34. The third-order valence-corrected chi connectivity index (χ3v) is 2.85. The maximum atomic E-state index is 9.75. The number of aromatic hydroxyl groups is 1. The highest BCUT2D eigenvalue weighted by atomic mass is 16.3. The second-order valence-corrected chi connectivity index (χ2v) is 4.02. The molecule has 0 saturated carbocycles. The molecule has 16 heavy (non-hydrogen) atoms. The van der Waals surface area contributed by atoms with E-state index in [4.69, 9.17) is 5.73 Å². The van der Waals surface area contributed by atoms with Gasteiger partial charge in [-0.1, -0.05) is 0 Å². The molecule has 0 radical (unpaired) electrons. The van der Waals surface area contributed by atoms with Crippen LogP contribution in [0.2, 0.25) is 0 Å². The molecule has 4 heteroatoms. The summed E-state index contributed by atoms with van der Waals surface area (Å²) in [6.45, 7) is 3.85. The standard InChI is InChI=1S/C12H15N3O/c1-7-4-9(5-11(16)8(7)2)10-6-12(13)15(3)14-10/h4-6,16H,13H2,1-3H3. The predicted molar refractivity (Wildman–Crippen MR) is 64.2 cm³/mol. The molecule has 0 aliphatic carbocycles. The molecular weight excluding hydrogens is 202 g/mol. The summed E-state index contributed by atoms with van der Waals surface area (Å²) < 4.78 is 1.61. The Morgan fingerprint density at radius 3 is 2.44 bits per heavy atom. The Morgan fingerprint density at radius 1 is 1.25 bits per heavy atom. The van der Waals surface area contributed by atoms with Gasteiger partial charge in [0.1, 0.15) is 11.6 Å². The van der Waals surface area contributed by atoms with Gasteiger partial charge in [-0.3, -0.25) is 4.68 Å². The first-order valence-corrected chi connectivity index (χ1v) is 5.09. The van der Waals surface area contributed by atoms with E-state index in [9.17, 15) is 5.11 Å². The molecule has 1 heterocycles. The predicted octanol–water partition coefficient (Wildman–Crippen LogP) is 1.99. The highest BCUT2D eigenvalue weighted by molar-refractivity contribution is 5.66. The van der Waals surface area contributed by atoms with Crippen molar-refractivity contribution in [1.29, 1.82) is 0 Å². The van der Waals surface area contributed by atoms with Crippen molar-refractivity contribution in [3.8, 4) is 17.0 Å². The molecule has 0 atom stereocenters. The summed E-state index contributed by atoms with van der Waals surface area (Å²) in [4.78, 5) is 0. The van der Waals surface area contributed by atoms with Crippen LogP contribution < -0.4 is 5.73 Å². The van der Waals surface area contributed by atoms with E-state index in [1.165, 1.54) is 0 Å². The lowest BCUT2D eigenvalue weighted by atomic mass is 10.0. The van der Waals surface area contributed by atoms with Crippen molar-refractivity contribution in [3.63, 3.8) is 0 Å². The molecule has 0 amide bonds. The minimum Gasteiger partial charge on any atom is -0.508 e. The first kappa shape index (κ1) is 10.5. The topological polar surface area (TPSA) is 64.1 Å². The minimum atomic E-state index is 0.291. The van der Waals surface area contributed by atoms with Crippen molar-refractivity contribution in [2.75, 3.05) is 5.73 Å². The number of aryl methyl sites for hydroxylation is 2. The summed E-state index contributed by atoms with van der Waals surface area (Å²) in [6, 6.07) is 5.50. The third-order valence-electron chi connectivity index (χ3n) is 2.85. The molecule has 0 bridgehead atoms. The van der Waals surface area contributed by atoms with Crippen molar-refractivity contribution in [1.82, 2.24) is 9.78 Å². The number of phenolic OH excluding ortho intramolecular Hbond substituents is 1. The normalized spacial score (nSPS) is 10.7. The Hall–Kier alpha value is -1.97. The Balaban J connectivity index is 2.56. The molecule has 3 N–H and O–H groups in total. The molecule has 1 aromatic heterocycles. The number of rotatable bonds is 1. The molecule has 0 unspecified atom stereocenters. The zero-order valence-corrected chi connectivity index (χ0v) is 9.65. The van der Waals surface area contributed by atoms with Gasteiger partial charge in [-0.25, -0.2) is 0 Å². The summed E-state index contributed by atoms with van der Waals surface area (Å²) in [5.41, 5.74) is 9.32. The van der Waals surface area contributed by atoms with E-state index < -0.39 is 0 Å². The first-order valence-electron chi connectivity index (χ1n) is 5.09. The van der Waals surface area contributed by atoms with Crippen LogP contribution in [0.3, 0.4) is 0 Å². The molecule has 2 rings (SSSR count). The van der Waals surface area contributed by atoms with Crippen LogP contribution in [0.4, 0.5) is 5.82 Å². The van der Waals surface area contributed by atoms with Crippen molar-refractivity contribution in [2.24, 2.45) is 7.05 Å². The van der Waals surface area contributed by atoms with E-state index in [1.807, 2.05) is 19.9 Å². The third kappa shape index (κ3) is 1.62. The van der Waals surface area contributed by atoms with Crippen molar-refractivity contribution in [2.45, 2.75) is 13.8 Å². The largest absolute Gasteiger partial charge is 0.508 e. The van der Waals surface area contributed by atoms with Crippen LogP contribution in [0.15, 0.2) is 18.2 Å². The van der Waals surface area contributed by atoms with Crippen LogP contribution in [-0.4, -0.2) is 14.9 Å². The molecular formula is C12H15N3O. The number of phenols is 1. The number of nitrogen functional groups attached to an aromatic ring is 1. The van der Waals surface area contributed by atoms with E-state index in [-0.39, 0.29) is 0 Å². The molecule has 0 fully saturated rings. The fourth-order valence-corrected chi connectivity index (χ4v) is 1.61. The van der Waals surface area contributed by atoms with Gasteiger partial charge in [-0.2, -0.15) is 5.10 Å². The number of nitrogens with zero attached hydrogens (tertiary/aromatic N) is 2. The van der Waals surface area contributed by atoms with Gasteiger partial charge in [0.2, 0.25) is 0 Å². The van der Waals surface area contributed by atoms with Gasteiger partial charge < -0.3 is 10.8 Å². The SMILES string of the molecule is Cc1cc(-c2cc(N)n(C)n2)cc(O)c1C. The van der Waals surface area contributed by atoms with Crippen LogP contribution in [0.25, 0.3) is 11.3 Å². The van der Waals surface area contributed by atoms with Gasteiger partial charge in [-0.05, 0) is 37.1 Å². The van der Waals surface area contributed by atoms with Crippen LogP contribution >= 0.6 is 0 Å².